The van der Waals surface area contributed by atoms with E-state index in [1.807, 2.05) is 24.3 Å². The van der Waals surface area contributed by atoms with Crippen LogP contribution in [0.1, 0.15) is 13.3 Å². The van der Waals surface area contributed by atoms with Gasteiger partial charge in [0.1, 0.15) is 11.5 Å². The van der Waals surface area contributed by atoms with Crippen LogP contribution in [0.3, 0.4) is 0 Å². The van der Waals surface area contributed by atoms with Crippen molar-refractivity contribution in [2.75, 3.05) is 18.5 Å². The number of hydrogen-bond acceptors (Lipinski definition) is 2. The van der Waals surface area contributed by atoms with Gasteiger partial charge in [-0.1, -0.05) is 22.9 Å². The topological polar surface area (TPSA) is 18.5 Å². The Kier molecular flexibility index (Phi) is 5.45. The smallest absolute Gasteiger partial charge is 0.119 e. The molecule has 0 N–H and O–H groups in total. The number of rotatable bonds is 6. The van der Waals surface area contributed by atoms with Crippen LogP contribution in [0.25, 0.3) is 0 Å². The van der Waals surface area contributed by atoms with E-state index in [1.54, 1.807) is 0 Å². The highest BCUT2D eigenvalue weighted by atomic mass is 79.9. The molecule has 0 aromatic heterocycles. The van der Waals surface area contributed by atoms with E-state index in [0.29, 0.717) is 6.61 Å². The van der Waals surface area contributed by atoms with Crippen LogP contribution in [0, 0.1) is 0 Å². The van der Waals surface area contributed by atoms with E-state index in [2.05, 4.69) is 22.9 Å². The number of ether oxygens (including phenoxy) is 2. The highest BCUT2D eigenvalue weighted by molar-refractivity contribution is 9.09. The van der Waals surface area contributed by atoms with E-state index in [1.165, 1.54) is 0 Å². The van der Waals surface area contributed by atoms with Crippen molar-refractivity contribution >= 4 is 15.9 Å². The third-order valence-corrected chi connectivity index (χ3v) is 1.97. The number of hydrogen-bond donors (Lipinski definition) is 0. The fourth-order valence-electron chi connectivity index (χ4n) is 1.01. The van der Waals surface area contributed by atoms with Crippen molar-refractivity contribution in [3.05, 3.63) is 24.3 Å². The first-order chi connectivity index (χ1) is 6.86. The molecule has 0 spiro atoms. The van der Waals surface area contributed by atoms with Crippen LogP contribution in [0.15, 0.2) is 24.3 Å². The predicted molar refractivity (Wildman–Crippen MR) is 61.5 cm³/mol. The van der Waals surface area contributed by atoms with Gasteiger partial charge in [0, 0.05) is 5.33 Å². The van der Waals surface area contributed by atoms with Gasteiger partial charge in [-0.15, -0.1) is 0 Å². The molecule has 1 rings (SSSR count). The molecule has 0 saturated heterocycles. The third-order valence-electron chi connectivity index (χ3n) is 1.64. The highest BCUT2D eigenvalue weighted by Gasteiger charge is 1.95. The first-order valence-corrected chi connectivity index (χ1v) is 5.90. The molecule has 0 atom stereocenters. The van der Waals surface area contributed by atoms with Crippen molar-refractivity contribution in [2.24, 2.45) is 0 Å². The van der Waals surface area contributed by atoms with Crippen LogP contribution >= 0.6 is 15.9 Å². The van der Waals surface area contributed by atoms with Crippen molar-refractivity contribution in [1.82, 2.24) is 0 Å². The van der Waals surface area contributed by atoms with Crippen molar-refractivity contribution in [3.63, 3.8) is 0 Å². The average molecular weight is 259 g/mol. The molecule has 0 aliphatic heterocycles. The van der Waals surface area contributed by atoms with Crippen molar-refractivity contribution in [2.45, 2.75) is 13.3 Å². The maximum absolute atomic E-state index is 5.45. The molecule has 0 unspecified atom stereocenters. The quantitative estimate of drug-likeness (QED) is 0.730. The zero-order valence-electron chi connectivity index (χ0n) is 8.33. The second-order valence-corrected chi connectivity index (χ2v) is 3.65. The van der Waals surface area contributed by atoms with Crippen LogP contribution in [-0.4, -0.2) is 18.5 Å². The second kappa shape index (κ2) is 6.71. The number of alkyl halides is 1. The fourth-order valence-corrected chi connectivity index (χ4v) is 1.17. The van der Waals surface area contributed by atoms with Gasteiger partial charge < -0.3 is 9.47 Å². The molecule has 0 radical (unpaired) electrons. The van der Waals surface area contributed by atoms with E-state index >= 15 is 0 Å². The summed E-state index contributed by atoms with van der Waals surface area (Å²) in [5, 5.41) is 0.848. The highest BCUT2D eigenvalue weighted by Crippen LogP contribution is 2.17. The summed E-state index contributed by atoms with van der Waals surface area (Å²) in [5.41, 5.74) is 0. The minimum Gasteiger partial charge on any atom is -0.494 e. The van der Waals surface area contributed by atoms with Crippen LogP contribution in [-0.2, 0) is 0 Å². The third kappa shape index (κ3) is 4.01. The van der Waals surface area contributed by atoms with Crippen LogP contribution in [0.2, 0.25) is 0 Å². The van der Waals surface area contributed by atoms with Gasteiger partial charge >= 0.3 is 0 Å². The summed E-state index contributed by atoms with van der Waals surface area (Å²) in [6.45, 7) is 3.55. The van der Waals surface area contributed by atoms with Gasteiger partial charge in [-0.3, -0.25) is 0 Å². The minimum absolute atomic E-state index is 0.690. The Hall–Kier alpha value is -0.700. The average Bonchev–Trinajstić information content (AvgIpc) is 2.25. The molecule has 0 saturated carbocycles. The molecule has 0 amide bonds. The van der Waals surface area contributed by atoms with Gasteiger partial charge in [-0.25, -0.2) is 0 Å². The van der Waals surface area contributed by atoms with Gasteiger partial charge in [0.2, 0.25) is 0 Å². The van der Waals surface area contributed by atoms with E-state index in [-0.39, 0.29) is 0 Å². The molecule has 14 heavy (non-hydrogen) atoms. The minimum atomic E-state index is 0.690. The molecule has 1 aromatic rings. The van der Waals surface area contributed by atoms with Gasteiger partial charge in [0.05, 0.1) is 13.2 Å². The number of benzene rings is 1. The summed E-state index contributed by atoms with van der Waals surface area (Å²) in [4.78, 5) is 0. The lowest BCUT2D eigenvalue weighted by Crippen LogP contribution is -1.98. The van der Waals surface area contributed by atoms with Crippen LogP contribution in [0.4, 0.5) is 0 Å². The second-order valence-electron chi connectivity index (χ2n) is 2.86. The summed E-state index contributed by atoms with van der Waals surface area (Å²) < 4.78 is 10.9. The molecule has 0 bridgehead atoms. The summed E-state index contributed by atoms with van der Waals surface area (Å²) in [6, 6.07) is 7.71. The van der Waals surface area contributed by atoms with Crippen LogP contribution in [0.5, 0.6) is 11.5 Å². The lowest BCUT2D eigenvalue weighted by molar-refractivity contribution is 0.314. The molecular weight excluding hydrogens is 244 g/mol. The molecule has 3 heteroatoms. The number of halogens is 1. The molecule has 78 valence electrons. The van der Waals surface area contributed by atoms with E-state index in [9.17, 15) is 0 Å². The lowest BCUT2D eigenvalue weighted by atomic mass is 10.3. The van der Waals surface area contributed by atoms with Crippen molar-refractivity contribution in [3.8, 4) is 11.5 Å². The maximum atomic E-state index is 5.45. The summed E-state index contributed by atoms with van der Waals surface area (Å²) >= 11 is 3.31. The van der Waals surface area contributed by atoms with Gasteiger partial charge in [-0.2, -0.15) is 0 Å². The summed E-state index contributed by atoms with van der Waals surface area (Å²) in [5.74, 6) is 1.78. The Labute approximate surface area is 93.4 Å². The Morgan fingerprint density at radius 3 is 1.93 bits per heavy atom. The summed E-state index contributed by atoms with van der Waals surface area (Å²) in [6.07, 6.45) is 1.03. The first-order valence-electron chi connectivity index (χ1n) is 4.78. The largest absolute Gasteiger partial charge is 0.494 e. The molecule has 0 heterocycles. The van der Waals surface area contributed by atoms with Crippen LogP contribution < -0.4 is 9.47 Å². The van der Waals surface area contributed by atoms with E-state index in [0.717, 1.165) is 29.9 Å². The molecule has 1 aromatic carbocycles. The summed E-state index contributed by atoms with van der Waals surface area (Å²) in [7, 11) is 0. The molecule has 0 aliphatic rings. The normalized spacial score (nSPS) is 9.86. The molecule has 2 nitrogen and oxygen atoms in total. The molecule has 0 aliphatic carbocycles. The SMILES string of the molecule is CCCOc1ccc(OCCBr)cc1. The van der Waals surface area contributed by atoms with Crippen molar-refractivity contribution in [1.29, 1.82) is 0 Å². The monoisotopic (exact) mass is 258 g/mol. The zero-order valence-corrected chi connectivity index (χ0v) is 9.92. The predicted octanol–water partition coefficient (Wildman–Crippen LogP) is 3.25. The zero-order chi connectivity index (χ0) is 10.2. The Morgan fingerprint density at radius 2 is 1.50 bits per heavy atom. The Balaban J connectivity index is 2.42. The van der Waals surface area contributed by atoms with E-state index in [4.69, 9.17) is 9.47 Å². The van der Waals surface area contributed by atoms with Gasteiger partial charge in [0.25, 0.3) is 0 Å². The Morgan fingerprint density at radius 1 is 1.00 bits per heavy atom. The van der Waals surface area contributed by atoms with Gasteiger partial charge in [-0.05, 0) is 30.7 Å². The fraction of sp³-hybridized carbons (Fsp3) is 0.455. The maximum Gasteiger partial charge on any atom is 0.119 e. The molecule has 0 fully saturated rings. The van der Waals surface area contributed by atoms with Gasteiger partial charge in [0.15, 0.2) is 0 Å². The Bertz CT molecular complexity index is 219. The lowest BCUT2D eigenvalue weighted by Gasteiger charge is -2.06. The van der Waals surface area contributed by atoms with E-state index < -0.39 is 0 Å². The standard InChI is InChI=1S/C11H15BrO2/c1-2-8-13-10-3-5-11(6-4-10)14-9-7-12/h3-6H,2,7-9H2,1H3. The first kappa shape index (κ1) is 11.4. The molecular formula is C11H15BrO2. The van der Waals surface area contributed by atoms with Crippen molar-refractivity contribution < 1.29 is 9.47 Å².